The van der Waals surface area contributed by atoms with E-state index in [2.05, 4.69) is 45.1 Å². The number of anilines is 2. The summed E-state index contributed by atoms with van der Waals surface area (Å²) in [7, 11) is 1.87. The molecule has 33 heavy (non-hydrogen) atoms. The van der Waals surface area contributed by atoms with Crippen molar-refractivity contribution in [2.24, 2.45) is 7.05 Å². The quantitative estimate of drug-likeness (QED) is 0.389. The van der Waals surface area contributed by atoms with Crippen molar-refractivity contribution in [3.05, 3.63) is 31.0 Å². The van der Waals surface area contributed by atoms with Crippen LogP contribution >= 0.6 is 0 Å². The summed E-state index contributed by atoms with van der Waals surface area (Å²) in [6, 6.07) is 0. The summed E-state index contributed by atoms with van der Waals surface area (Å²) in [6.07, 6.45) is 9.16. The molecule has 2 aliphatic heterocycles. The van der Waals surface area contributed by atoms with Gasteiger partial charge in [-0.1, -0.05) is 5.21 Å². The van der Waals surface area contributed by atoms with Crippen LogP contribution in [-0.4, -0.2) is 112 Å². The van der Waals surface area contributed by atoms with Crippen LogP contribution in [-0.2, 0) is 18.3 Å². The molecule has 6 heterocycles. The molecule has 0 unspecified atom stereocenters. The molecule has 4 aromatic heterocycles. The van der Waals surface area contributed by atoms with E-state index in [1.165, 1.54) is 27.9 Å². The topological polar surface area (TPSA) is 116 Å². The molecule has 12 nitrogen and oxygen atoms in total. The van der Waals surface area contributed by atoms with Gasteiger partial charge in [-0.2, -0.15) is 5.10 Å². The van der Waals surface area contributed by atoms with Crippen LogP contribution in [0.5, 0.6) is 0 Å². The fourth-order valence-corrected chi connectivity index (χ4v) is 5.21. The molecular formula is C20H24N11NaO. The summed E-state index contributed by atoms with van der Waals surface area (Å²) < 4.78 is 10.4. The van der Waals surface area contributed by atoms with E-state index in [4.69, 9.17) is 4.74 Å². The molecule has 0 spiro atoms. The summed E-state index contributed by atoms with van der Waals surface area (Å²) in [5.74, 6) is 0.736. The number of aryl methyl sites for hydroxylation is 1. The smallest absolute Gasteiger partial charge is 0.0584 e. The summed E-state index contributed by atoms with van der Waals surface area (Å²) in [5, 5.41) is 12.7. The van der Waals surface area contributed by atoms with Gasteiger partial charge in [0.05, 0.1) is 18.1 Å². The van der Waals surface area contributed by atoms with Crippen LogP contribution in [0.4, 0.5) is 11.6 Å². The van der Waals surface area contributed by atoms with Crippen molar-refractivity contribution >= 4 is 50.9 Å². The summed E-state index contributed by atoms with van der Waals surface area (Å²) in [6.45, 7) is 4.83. The molecule has 2 saturated heterocycles. The maximum absolute atomic E-state index is 6.00. The first-order chi connectivity index (χ1) is 16.1. The van der Waals surface area contributed by atoms with Crippen LogP contribution < -0.4 is 9.80 Å². The van der Waals surface area contributed by atoms with Gasteiger partial charge in [-0.05, 0) is 0 Å². The second-order valence-corrected chi connectivity index (χ2v) is 10.4. The molecule has 0 bridgehead atoms. The van der Waals surface area contributed by atoms with Crippen LogP contribution in [0.2, 0.25) is 3.17 Å². The summed E-state index contributed by atoms with van der Waals surface area (Å²) in [5.41, 5.74) is 3.86. The number of ether oxygens (including phenoxy) is 1. The van der Waals surface area contributed by atoms with Gasteiger partial charge in [-0.15, -0.1) is 5.10 Å². The third kappa shape index (κ3) is 4.19. The zero-order chi connectivity index (χ0) is 22.4. The van der Waals surface area contributed by atoms with E-state index in [1.54, 1.807) is 21.8 Å². The van der Waals surface area contributed by atoms with Crippen LogP contribution in [0, 0.1) is 0 Å². The minimum atomic E-state index is -0.0760. The Kier molecular flexibility index (Phi) is 5.45. The first-order valence-electron chi connectivity index (χ1n) is 11.1. The molecule has 0 N–H and O–H groups in total. The van der Waals surface area contributed by atoms with E-state index in [9.17, 15) is 0 Å². The number of aromatic nitrogens is 9. The van der Waals surface area contributed by atoms with Gasteiger partial charge in [-0.25, -0.2) is 9.97 Å². The van der Waals surface area contributed by atoms with Crippen molar-refractivity contribution in [1.82, 2.24) is 44.7 Å². The average molecular weight is 457 g/mol. The molecule has 13 heteroatoms. The third-order valence-corrected chi connectivity index (χ3v) is 6.81. The molecule has 6 rings (SSSR count). The molecule has 0 amide bonds. The molecule has 166 valence electrons. The van der Waals surface area contributed by atoms with Crippen molar-refractivity contribution in [2.45, 2.75) is 15.8 Å². The van der Waals surface area contributed by atoms with Crippen molar-refractivity contribution in [2.75, 3.05) is 42.6 Å². The van der Waals surface area contributed by atoms with Crippen LogP contribution in [0.3, 0.4) is 0 Å². The third-order valence-electron chi connectivity index (χ3n) is 6.08. The molecule has 1 atom stereocenters. The zero-order valence-corrected chi connectivity index (χ0v) is 20.6. The molecule has 2 aliphatic rings. The number of hydrogen-bond acceptors (Lipinski definition) is 10. The predicted molar refractivity (Wildman–Crippen MR) is 123 cm³/mol. The van der Waals surface area contributed by atoms with Gasteiger partial charge in [-0.3, -0.25) is 4.68 Å². The maximum atomic E-state index is 6.00. The standard InChI is InChI=1S/C20H22N11O.Na.H2/c1-28-11-14(7-24-28)17-10-21-19-18(25-17)26-27-31(19)13-16-12-30(5-6-32-16)20-22-8-15(9-23-20)29-3-2-4-29;;/h2,7-11,16H,3-6,12-13H2,1H3;;1H/t16-;;/m0../s1. The van der Waals surface area contributed by atoms with Gasteiger partial charge in [0.2, 0.25) is 5.65 Å². The molecule has 0 radical (unpaired) electrons. The first kappa shape index (κ1) is 20.9. The predicted octanol–water partition coefficient (Wildman–Crippen LogP) is 0.340. The molecule has 4 aromatic rings. The molecule has 0 saturated carbocycles. The Balaban J connectivity index is 0.00000241. The summed E-state index contributed by atoms with van der Waals surface area (Å²) >= 11 is 1.25. The number of hydrogen-bond donors (Lipinski definition) is 0. The van der Waals surface area contributed by atoms with Crippen LogP contribution in [0.25, 0.3) is 22.6 Å². The zero-order valence-electron chi connectivity index (χ0n) is 18.6. The number of morpholine rings is 1. The van der Waals surface area contributed by atoms with Gasteiger partial charge < -0.3 is 0 Å². The molecule has 2 fully saturated rings. The van der Waals surface area contributed by atoms with Crippen molar-refractivity contribution in [3.8, 4) is 11.3 Å². The van der Waals surface area contributed by atoms with E-state index in [0.717, 1.165) is 45.7 Å². The Labute approximate surface area is 208 Å². The number of fused-ring (bicyclic) bond motifs is 1. The Bertz CT molecular complexity index is 1270. The Morgan fingerprint density at radius 1 is 1.09 bits per heavy atom. The molecule has 0 aromatic carbocycles. The largest absolute Gasteiger partial charge is 0.222 e. The van der Waals surface area contributed by atoms with Crippen LogP contribution in [0.15, 0.2) is 31.0 Å². The first-order valence-corrected chi connectivity index (χ1v) is 12.3. The Morgan fingerprint density at radius 3 is 2.70 bits per heavy atom. The second kappa shape index (κ2) is 8.60. The number of nitrogens with zero attached hydrogens (tertiary/aromatic N) is 11. The van der Waals surface area contributed by atoms with Crippen molar-refractivity contribution < 1.29 is 6.16 Å². The molecule has 0 aliphatic carbocycles. The van der Waals surface area contributed by atoms with Gasteiger partial charge in [0.15, 0.2) is 5.65 Å². The molecular weight excluding hydrogens is 433 g/mol. The van der Waals surface area contributed by atoms with Crippen molar-refractivity contribution in [1.29, 1.82) is 0 Å². The second-order valence-electron chi connectivity index (χ2n) is 8.77. The van der Waals surface area contributed by atoms with Gasteiger partial charge in [0, 0.05) is 20.2 Å². The normalized spacial score (nSPS) is 19.3. The fourth-order valence-electron chi connectivity index (χ4n) is 4.33. The van der Waals surface area contributed by atoms with E-state index < -0.39 is 0 Å². The van der Waals surface area contributed by atoms with Crippen LogP contribution in [0.1, 0.15) is 1.43 Å². The monoisotopic (exact) mass is 457 g/mol. The number of rotatable bonds is 5. The van der Waals surface area contributed by atoms with E-state index in [-0.39, 0.29) is 7.53 Å². The fraction of sp³-hybridized carbons (Fsp3) is 0.450. The van der Waals surface area contributed by atoms with Gasteiger partial charge in [0.1, 0.15) is 0 Å². The Morgan fingerprint density at radius 2 is 1.94 bits per heavy atom. The average Bonchev–Trinajstić information content (AvgIpc) is 3.43. The van der Waals surface area contributed by atoms with E-state index in [1.807, 2.05) is 25.6 Å². The van der Waals surface area contributed by atoms with Crippen molar-refractivity contribution in [3.63, 3.8) is 0 Å². The SMILES string of the molecule is Cn1cc(-c2cnc3c(nnn3C[C@@H]3CN(c4ncc(N5C[CH]([Na])C5)cn4)CCO3)n2)cn1.[HH]. The minimum Gasteiger partial charge on any atom is -0.222 e. The van der Waals surface area contributed by atoms with Gasteiger partial charge in [0.25, 0.3) is 0 Å². The minimum absolute atomic E-state index is 0. The summed E-state index contributed by atoms with van der Waals surface area (Å²) in [4.78, 5) is 22.9. The van der Waals surface area contributed by atoms with Gasteiger partial charge >= 0.3 is 130 Å². The maximum Gasteiger partial charge on any atom is 0.0584 e. The Hall–Kier alpha value is -2.67. The van der Waals surface area contributed by atoms with E-state index >= 15 is 0 Å². The van der Waals surface area contributed by atoms with E-state index in [0.29, 0.717) is 31.0 Å².